The minimum absolute atomic E-state index is 0.0239. The van der Waals surface area contributed by atoms with Crippen molar-refractivity contribution in [1.82, 2.24) is 14.9 Å². The summed E-state index contributed by atoms with van der Waals surface area (Å²) < 4.78 is 31.0. The van der Waals surface area contributed by atoms with Gasteiger partial charge in [0, 0.05) is 19.3 Å². The van der Waals surface area contributed by atoms with Crippen molar-refractivity contribution >= 4 is 26.8 Å². The van der Waals surface area contributed by atoms with Crippen molar-refractivity contribution in [3.63, 3.8) is 0 Å². The average Bonchev–Trinajstić information content (AvgIpc) is 2.89. The first-order valence-corrected chi connectivity index (χ1v) is 9.69. The highest BCUT2D eigenvalue weighted by molar-refractivity contribution is 7.90. The van der Waals surface area contributed by atoms with Gasteiger partial charge in [-0.05, 0) is 18.1 Å². The van der Waals surface area contributed by atoms with Gasteiger partial charge >= 0.3 is 5.97 Å². The van der Waals surface area contributed by atoms with Gasteiger partial charge in [0.2, 0.25) is 0 Å². The number of imidazole rings is 1. The van der Waals surface area contributed by atoms with Crippen LogP contribution in [0.5, 0.6) is 0 Å². The summed E-state index contributed by atoms with van der Waals surface area (Å²) >= 11 is 0. The quantitative estimate of drug-likeness (QED) is 0.844. The molecule has 130 valence electrons. The standard InChI is InChI=1S/C16H21N3O4S/c1-9(2)14-15-18-11-7-10(16(20)23-3)13(24(4,21)22)8-12(11)19(15)6-5-17-14/h7-9,14,17H,5-6H2,1-4H3. The lowest BCUT2D eigenvalue weighted by Crippen LogP contribution is -2.36. The molecule has 2 aromatic rings. The number of nitrogens with one attached hydrogen (secondary N) is 1. The molecule has 0 amide bonds. The summed E-state index contributed by atoms with van der Waals surface area (Å²) in [4.78, 5) is 16.6. The Morgan fingerprint density at radius 2 is 2.12 bits per heavy atom. The van der Waals surface area contributed by atoms with E-state index in [1.165, 1.54) is 19.2 Å². The van der Waals surface area contributed by atoms with Gasteiger partial charge in [0.1, 0.15) is 5.82 Å². The van der Waals surface area contributed by atoms with E-state index in [1.54, 1.807) is 0 Å². The van der Waals surface area contributed by atoms with E-state index in [4.69, 9.17) is 4.74 Å². The van der Waals surface area contributed by atoms with E-state index in [2.05, 4.69) is 24.1 Å². The normalized spacial score (nSPS) is 18.0. The number of aromatic nitrogens is 2. The van der Waals surface area contributed by atoms with E-state index in [-0.39, 0.29) is 16.5 Å². The highest BCUT2D eigenvalue weighted by Crippen LogP contribution is 2.31. The molecule has 0 spiro atoms. The van der Waals surface area contributed by atoms with Crippen molar-refractivity contribution in [2.24, 2.45) is 5.92 Å². The lowest BCUT2D eigenvalue weighted by Gasteiger charge is -2.28. The maximum atomic E-state index is 12.1. The predicted molar refractivity (Wildman–Crippen MR) is 89.8 cm³/mol. The number of carbonyl (C=O) groups is 1. The number of esters is 1. The Bertz CT molecular complexity index is 915. The fraction of sp³-hybridized carbons (Fsp3) is 0.500. The number of nitrogens with zero attached hydrogens (tertiary/aromatic N) is 2. The first-order chi connectivity index (χ1) is 11.2. The Kier molecular flexibility index (Phi) is 4.13. The molecule has 24 heavy (non-hydrogen) atoms. The Balaban J connectivity index is 2.31. The van der Waals surface area contributed by atoms with E-state index in [1.807, 2.05) is 4.57 Å². The van der Waals surface area contributed by atoms with Gasteiger partial charge in [0.25, 0.3) is 0 Å². The molecule has 0 fully saturated rings. The van der Waals surface area contributed by atoms with E-state index in [0.29, 0.717) is 18.0 Å². The number of rotatable bonds is 3. The van der Waals surface area contributed by atoms with Gasteiger partial charge in [-0.1, -0.05) is 13.8 Å². The molecule has 2 heterocycles. The van der Waals surface area contributed by atoms with Crippen molar-refractivity contribution in [3.05, 3.63) is 23.5 Å². The fourth-order valence-corrected chi connectivity index (χ4v) is 4.04. The van der Waals surface area contributed by atoms with Crippen LogP contribution in [0.4, 0.5) is 0 Å². The molecule has 3 rings (SSSR count). The van der Waals surface area contributed by atoms with Gasteiger partial charge in [0.15, 0.2) is 9.84 Å². The maximum Gasteiger partial charge on any atom is 0.339 e. The summed E-state index contributed by atoms with van der Waals surface area (Å²) in [5, 5.41) is 3.44. The number of sulfone groups is 1. The largest absolute Gasteiger partial charge is 0.465 e. The summed E-state index contributed by atoms with van der Waals surface area (Å²) in [5.41, 5.74) is 1.36. The third-order valence-electron chi connectivity index (χ3n) is 4.33. The summed E-state index contributed by atoms with van der Waals surface area (Å²) in [6.07, 6.45) is 1.09. The molecule has 1 N–H and O–H groups in total. The lowest BCUT2D eigenvalue weighted by molar-refractivity contribution is 0.0596. The smallest absolute Gasteiger partial charge is 0.339 e. The molecule has 1 aliphatic heterocycles. The Labute approximate surface area is 140 Å². The minimum Gasteiger partial charge on any atom is -0.465 e. The molecule has 8 heteroatoms. The SMILES string of the molecule is COC(=O)c1cc2nc3n(c2cc1S(C)(=O)=O)CCNC3C(C)C. The average molecular weight is 351 g/mol. The molecule has 1 aliphatic rings. The van der Waals surface area contributed by atoms with Gasteiger partial charge < -0.3 is 14.6 Å². The number of benzene rings is 1. The molecular weight excluding hydrogens is 330 g/mol. The van der Waals surface area contributed by atoms with Crippen LogP contribution in [-0.4, -0.2) is 43.8 Å². The van der Waals surface area contributed by atoms with Gasteiger partial charge in [-0.15, -0.1) is 0 Å². The molecule has 7 nitrogen and oxygen atoms in total. The number of methoxy groups -OCH3 is 1. The second kappa shape index (κ2) is 5.86. The van der Waals surface area contributed by atoms with Crippen molar-refractivity contribution in [1.29, 1.82) is 0 Å². The first kappa shape index (κ1) is 16.9. The predicted octanol–water partition coefficient (Wildman–Crippen LogP) is 1.53. The number of hydrogen-bond acceptors (Lipinski definition) is 6. The Hall–Kier alpha value is -1.93. The van der Waals surface area contributed by atoms with E-state index < -0.39 is 15.8 Å². The first-order valence-electron chi connectivity index (χ1n) is 7.80. The molecule has 0 bridgehead atoms. The van der Waals surface area contributed by atoms with E-state index >= 15 is 0 Å². The van der Waals surface area contributed by atoms with E-state index in [9.17, 15) is 13.2 Å². The van der Waals surface area contributed by atoms with E-state index in [0.717, 1.165) is 24.1 Å². The number of carbonyl (C=O) groups excluding carboxylic acids is 1. The van der Waals surface area contributed by atoms with Crippen LogP contribution < -0.4 is 5.32 Å². The van der Waals surface area contributed by atoms with Crippen LogP contribution in [0.1, 0.15) is 36.1 Å². The van der Waals surface area contributed by atoms with Crippen LogP contribution in [0.3, 0.4) is 0 Å². The van der Waals surface area contributed by atoms with Crippen LogP contribution in [0.2, 0.25) is 0 Å². The molecule has 0 aliphatic carbocycles. The van der Waals surface area contributed by atoms with Crippen LogP contribution in [0, 0.1) is 5.92 Å². The third-order valence-corrected chi connectivity index (χ3v) is 5.47. The second-order valence-corrected chi connectivity index (χ2v) is 8.38. The van der Waals surface area contributed by atoms with Crippen molar-refractivity contribution < 1.29 is 17.9 Å². The van der Waals surface area contributed by atoms with Crippen LogP contribution in [0.25, 0.3) is 11.0 Å². The summed E-state index contributed by atoms with van der Waals surface area (Å²) in [6, 6.07) is 3.14. The summed E-state index contributed by atoms with van der Waals surface area (Å²) in [6.45, 7) is 5.70. The maximum absolute atomic E-state index is 12.1. The highest BCUT2D eigenvalue weighted by atomic mass is 32.2. The van der Waals surface area contributed by atoms with Gasteiger partial charge in [-0.3, -0.25) is 0 Å². The van der Waals surface area contributed by atoms with Gasteiger partial charge in [-0.25, -0.2) is 18.2 Å². The summed E-state index contributed by atoms with van der Waals surface area (Å²) in [5.74, 6) is 0.532. The fourth-order valence-electron chi connectivity index (χ4n) is 3.18. The van der Waals surface area contributed by atoms with Crippen molar-refractivity contribution in [2.45, 2.75) is 31.3 Å². The number of hydrogen-bond donors (Lipinski definition) is 1. The Morgan fingerprint density at radius 1 is 1.42 bits per heavy atom. The molecule has 1 unspecified atom stereocenters. The van der Waals surface area contributed by atoms with Gasteiger partial charge in [0.05, 0.1) is 34.6 Å². The molecule has 0 saturated carbocycles. The lowest BCUT2D eigenvalue weighted by atomic mass is 10.0. The zero-order valence-electron chi connectivity index (χ0n) is 14.2. The molecule has 0 saturated heterocycles. The summed E-state index contributed by atoms with van der Waals surface area (Å²) in [7, 11) is -2.34. The zero-order chi connectivity index (χ0) is 17.6. The van der Waals surface area contributed by atoms with Crippen LogP contribution in [-0.2, 0) is 21.1 Å². The third kappa shape index (κ3) is 2.69. The molecule has 1 aromatic carbocycles. The minimum atomic E-state index is -3.57. The number of ether oxygens (including phenoxy) is 1. The van der Waals surface area contributed by atoms with Crippen molar-refractivity contribution in [2.75, 3.05) is 19.9 Å². The van der Waals surface area contributed by atoms with Crippen LogP contribution in [0.15, 0.2) is 17.0 Å². The van der Waals surface area contributed by atoms with Crippen molar-refractivity contribution in [3.8, 4) is 0 Å². The molecule has 0 radical (unpaired) electrons. The van der Waals surface area contributed by atoms with Gasteiger partial charge in [-0.2, -0.15) is 0 Å². The zero-order valence-corrected chi connectivity index (χ0v) is 15.0. The van der Waals surface area contributed by atoms with Crippen LogP contribution >= 0.6 is 0 Å². The number of fused-ring (bicyclic) bond motifs is 3. The molecule has 1 atom stereocenters. The molecular formula is C16H21N3O4S. The topological polar surface area (TPSA) is 90.3 Å². The second-order valence-electron chi connectivity index (χ2n) is 6.40. The monoisotopic (exact) mass is 351 g/mol. The Morgan fingerprint density at radius 3 is 2.71 bits per heavy atom. The molecule has 1 aromatic heterocycles. The highest BCUT2D eigenvalue weighted by Gasteiger charge is 2.28.